The third-order valence-corrected chi connectivity index (χ3v) is 4.44. The number of esters is 1. The highest BCUT2D eigenvalue weighted by Gasteiger charge is 2.14. The Morgan fingerprint density at radius 1 is 1.04 bits per heavy atom. The van der Waals surface area contributed by atoms with Crippen molar-refractivity contribution in [3.05, 3.63) is 62.0 Å². The van der Waals surface area contributed by atoms with Gasteiger partial charge in [-0.1, -0.05) is 0 Å². The van der Waals surface area contributed by atoms with Gasteiger partial charge in [0.1, 0.15) is 0 Å². The highest BCUT2D eigenvalue weighted by molar-refractivity contribution is 9.11. The van der Waals surface area contributed by atoms with Crippen LogP contribution in [0.25, 0.3) is 0 Å². The average molecular weight is 470 g/mol. The summed E-state index contributed by atoms with van der Waals surface area (Å²) < 4.78 is 6.39. The summed E-state index contributed by atoms with van der Waals surface area (Å²) in [5.41, 5.74) is 7.20. The van der Waals surface area contributed by atoms with Gasteiger partial charge in [0.25, 0.3) is 5.91 Å². The number of rotatable bonds is 5. The van der Waals surface area contributed by atoms with Gasteiger partial charge in [-0.2, -0.15) is 0 Å². The Hall–Kier alpha value is -2.19. The summed E-state index contributed by atoms with van der Waals surface area (Å²) in [6, 6.07) is 9.36. The molecule has 0 saturated carbocycles. The lowest BCUT2D eigenvalue weighted by Gasteiger charge is -2.11. The molecule has 2 rings (SSSR count). The zero-order valence-electron chi connectivity index (χ0n) is 13.1. The summed E-state index contributed by atoms with van der Waals surface area (Å²) in [5.74, 6) is -1.74. The van der Waals surface area contributed by atoms with Gasteiger partial charge >= 0.3 is 5.97 Å². The van der Waals surface area contributed by atoms with Crippen LogP contribution in [-0.2, 0) is 9.53 Å². The van der Waals surface area contributed by atoms with Crippen molar-refractivity contribution < 1.29 is 19.1 Å². The fourth-order valence-electron chi connectivity index (χ4n) is 1.98. The van der Waals surface area contributed by atoms with Crippen molar-refractivity contribution >= 4 is 55.3 Å². The molecule has 0 atom stereocenters. The van der Waals surface area contributed by atoms with Gasteiger partial charge < -0.3 is 15.8 Å². The molecule has 0 aliphatic carbocycles. The largest absolute Gasteiger partial charge is 0.452 e. The third-order valence-electron chi connectivity index (χ3n) is 3.19. The molecule has 0 aliphatic rings. The highest BCUT2D eigenvalue weighted by Crippen LogP contribution is 2.32. The quantitative estimate of drug-likeness (QED) is 0.655. The summed E-state index contributed by atoms with van der Waals surface area (Å²) in [7, 11) is 0. The Kier molecular flexibility index (Phi) is 6.33. The van der Waals surface area contributed by atoms with Crippen molar-refractivity contribution in [1.29, 1.82) is 0 Å². The van der Waals surface area contributed by atoms with E-state index in [0.717, 1.165) is 5.56 Å². The topological polar surface area (TPSA) is 98.5 Å². The molecule has 25 heavy (non-hydrogen) atoms. The van der Waals surface area contributed by atoms with Crippen LogP contribution in [0.5, 0.6) is 0 Å². The van der Waals surface area contributed by atoms with Gasteiger partial charge in [0.05, 0.1) is 11.3 Å². The second-order valence-electron chi connectivity index (χ2n) is 5.17. The van der Waals surface area contributed by atoms with Gasteiger partial charge in [-0.05, 0) is 80.7 Å². The van der Waals surface area contributed by atoms with E-state index in [1.807, 2.05) is 19.1 Å². The van der Waals surface area contributed by atoms with Gasteiger partial charge in [-0.3, -0.25) is 9.59 Å². The van der Waals surface area contributed by atoms with Crippen LogP contribution in [0.15, 0.2) is 45.3 Å². The number of hydrogen-bond donors (Lipinski definition) is 2. The molecular formula is C17H14Br2N2O4. The van der Waals surface area contributed by atoms with Crippen molar-refractivity contribution in [2.45, 2.75) is 6.92 Å². The van der Waals surface area contributed by atoms with Crippen LogP contribution in [-0.4, -0.2) is 24.4 Å². The second kappa shape index (κ2) is 8.26. The Bertz CT molecular complexity index is 812. The number of anilines is 1. The molecule has 0 aromatic heterocycles. The molecule has 0 fully saturated rings. The third kappa shape index (κ3) is 5.14. The Labute approximate surface area is 161 Å². The predicted molar refractivity (Wildman–Crippen MR) is 100 cm³/mol. The molecule has 3 N–H and O–H groups in total. The first-order valence-electron chi connectivity index (χ1n) is 7.10. The van der Waals surface area contributed by atoms with Crippen molar-refractivity contribution in [2.24, 2.45) is 5.73 Å². The molecule has 2 aromatic rings. The molecule has 0 aliphatic heterocycles. The van der Waals surface area contributed by atoms with Gasteiger partial charge in [0, 0.05) is 14.5 Å². The lowest BCUT2D eigenvalue weighted by molar-refractivity contribution is -0.119. The van der Waals surface area contributed by atoms with Gasteiger partial charge in [-0.15, -0.1) is 0 Å². The maximum atomic E-state index is 12.0. The minimum absolute atomic E-state index is 0.218. The lowest BCUT2D eigenvalue weighted by atomic mass is 10.1. The summed E-state index contributed by atoms with van der Waals surface area (Å²) in [6.45, 7) is 1.48. The highest BCUT2D eigenvalue weighted by atomic mass is 79.9. The predicted octanol–water partition coefficient (Wildman–Crippen LogP) is 3.41. The standard InChI is InChI=1S/C17H14Br2N2O4/c1-9-6-12(18)15(13(19)7-9)21-14(22)8-25-17(24)11-4-2-10(3-5-11)16(20)23/h2-7H,8H2,1H3,(H2,20,23)(H,21,22). The van der Waals surface area contributed by atoms with E-state index in [4.69, 9.17) is 10.5 Å². The van der Waals surface area contributed by atoms with Gasteiger partial charge in [0.2, 0.25) is 5.91 Å². The summed E-state index contributed by atoms with van der Waals surface area (Å²) in [4.78, 5) is 34.9. The molecule has 6 nitrogen and oxygen atoms in total. The fraction of sp³-hybridized carbons (Fsp3) is 0.118. The molecule has 0 spiro atoms. The van der Waals surface area contributed by atoms with Crippen LogP contribution in [0.3, 0.4) is 0 Å². The van der Waals surface area contributed by atoms with Crippen molar-refractivity contribution in [3.8, 4) is 0 Å². The number of benzene rings is 2. The second-order valence-corrected chi connectivity index (χ2v) is 6.88. The van der Waals surface area contributed by atoms with Gasteiger partial charge in [-0.25, -0.2) is 4.79 Å². The van der Waals surface area contributed by atoms with Crippen LogP contribution in [0.2, 0.25) is 0 Å². The van der Waals surface area contributed by atoms with Crippen molar-refractivity contribution in [3.63, 3.8) is 0 Å². The van der Waals surface area contributed by atoms with Crippen LogP contribution in [0.1, 0.15) is 26.3 Å². The van der Waals surface area contributed by atoms with E-state index in [-0.39, 0.29) is 11.1 Å². The van der Waals surface area contributed by atoms with E-state index < -0.39 is 24.4 Å². The van der Waals surface area contributed by atoms with Gasteiger partial charge in [0.15, 0.2) is 6.61 Å². The minimum atomic E-state index is -0.673. The first-order chi connectivity index (χ1) is 11.8. The molecule has 2 aromatic carbocycles. The molecular weight excluding hydrogens is 456 g/mol. The average Bonchev–Trinajstić information content (AvgIpc) is 2.56. The van der Waals surface area contributed by atoms with Crippen molar-refractivity contribution in [1.82, 2.24) is 0 Å². The first-order valence-corrected chi connectivity index (χ1v) is 8.69. The number of carbonyl (C=O) groups excluding carboxylic acids is 3. The molecule has 8 heteroatoms. The number of nitrogens with two attached hydrogens (primary N) is 1. The molecule has 2 amide bonds. The van der Waals surface area contributed by atoms with Crippen LogP contribution in [0, 0.1) is 6.92 Å². The molecule has 0 saturated heterocycles. The molecule has 0 radical (unpaired) electrons. The smallest absolute Gasteiger partial charge is 0.338 e. The SMILES string of the molecule is Cc1cc(Br)c(NC(=O)COC(=O)c2ccc(C(N)=O)cc2)c(Br)c1. The van der Waals surface area contributed by atoms with E-state index in [1.165, 1.54) is 24.3 Å². The van der Waals surface area contributed by atoms with E-state index in [0.29, 0.717) is 14.6 Å². The molecule has 130 valence electrons. The number of primary amides is 1. The number of aryl methyl sites for hydroxylation is 1. The summed E-state index contributed by atoms with van der Waals surface area (Å²) in [6.07, 6.45) is 0. The Morgan fingerprint density at radius 3 is 2.08 bits per heavy atom. The normalized spacial score (nSPS) is 10.2. The van der Waals surface area contributed by atoms with E-state index in [9.17, 15) is 14.4 Å². The van der Waals surface area contributed by atoms with Crippen molar-refractivity contribution in [2.75, 3.05) is 11.9 Å². The molecule has 0 heterocycles. The Morgan fingerprint density at radius 2 is 1.56 bits per heavy atom. The summed E-state index contributed by atoms with van der Waals surface area (Å²) in [5, 5.41) is 2.67. The Balaban J connectivity index is 1.96. The fourth-order valence-corrected chi connectivity index (χ4v) is 3.59. The monoisotopic (exact) mass is 468 g/mol. The van der Waals surface area contributed by atoms with Crippen LogP contribution in [0.4, 0.5) is 5.69 Å². The van der Waals surface area contributed by atoms with Crippen LogP contribution < -0.4 is 11.1 Å². The number of hydrogen-bond acceptors (Lipinski definition) is 4. The maximum absolute atomic E-state index is 12.0. The maximum Gasteiger partial charge on any atom is 0.338 e. The zero-order chi connectivity index (χ0) is 18.6. The minimum Gasteiger partial charge on any atom is -0.452 e. The summed E-state index contributed by atoms with van der Waals surface area (Å²) >= 11 is 6.74. The van der Waals surface area contributed by atoms with E-state index in [1.54, 1.807) is 0 Å². The number of amides is 2. The number of halogens is 2. The molecule has 0 unspecified atom stereocenters. The van der Waals surface area contributed by atoms with E-state index >= 15 is 0 Å². The molecule has 0 bridgehead atoms. The van der Waals surface area contributed by atoms with E-state index in [2.05, 4.69) is 37.2 Å². The first kappa shape index (κ1) is 19.1. The number of nitrogens with one attached hydrogen (secondary N) is 1. The zero-order valence-corrected chi connectivity index (χ0v) is 16.3. The number of ether oxygens (including phenoxy) is 1. The number of carbonyl (C=O) groups is 3. The lowest BCUT2D eigenvalue weighted by Crippen LogP contribution is -2.21. The van der Waals surface area contributed by atoms with Crippen LogP contribution >= 0.6 is 31.9 Å².